The van der Waals surface area contributed by atoms with Gasteiger partial charge in [-0.3, -0.25) is 0 Å². The summed E-state index contributed by atoms with van der Waals surface area (Å²) in [6.45, 7) is 1.87. The van der Waals surface area contributed by atoms with Gasteiger partial charge in [-0.1, -0.05) is 19.3 Å². The lowest BCUT2D eigenvalue weighted by atomic mass is 9.75. The number of aliphatic hydroxyl groups excluding tert-OH is 1. The summed E-state index contributed by atoms with van der Waals surface area (Å²) in [6, 6.07) is 0. The number of hydrogen-bond acceptors (Lipinski definition) is 2. The van der Waals surface area contributed by atoms with Gasteiger partial charge in [0.1, 0.15) is 0 Å². The van der Waals surface area contributed by atoms with Crippen molar-refractivity contribution in [2.24, 2.45) is 11.8 Å². The van der Waals surface area contributed by atoms with Crippen LogP contribution in [-0.2, 0) is 0 Å². The van der Waals surface area contributed by atoms with Gasteiger partial charge in [0.2, 0.25) is 0 Å². The molecule has 0 aromatic heterocycles. The molecule has 1 saturated carbocycles. The van der Waals surface area contributed by atoms with Crippen molar-refractivity contribution >= 4 is 0 Å². The second-order valence-corrected chi connectivity index (χ2v) is 3.58. The highest BCUT2D eigenvalue weighted by Gasteiger charge is 2.35. The van der Waals surface area contributed by atoms with Crippen molar-refractivity contribution in [3.63, 3.8) is 0 Å². The van der Waals surface area contributed by atoms with Gasteiger partial charge in [0, 0.05) is 19.0 Å². The second-order valence-electron chi connectivity index (χ2n) is 3.58. The maximum absolute atomic E-state index is 9.46. The Morgan fingerprint density at radius 2 is 2.00 bits per heavy atom. The average molecular weight is 141 g/mol. The molecular formula is C8H15NO. The van der Waals surface area contributed by atoms with Crippen molar-refractivity contribution < 1.29 is 5.11 Å². The molecule has 2 unspecified atom stereocenters. The van der Waals surface area contributed by atoms with Crippen LogP contribution in [-0.4, -0.2) is 24.3 Å². The van der Waals surface area contributed by atoms with E-state index in [9.17, 15) is 5.11 Å². The number of β-amino-alcohol motifs (C(OH)–C–C–N with tert-alkyl or cyclic N) is 1. The predicted molar refractivity (Wildman–Crippen MR) is 39.7 cm³/mol. The molecule has 0 radical (unpaired) electrons. The Morgan fingerprint density at radius 1 is 1.20 bits per heavy atom. The lowest BCUT2D eigenvalue weighted by Gasteiger charge is -2.32. The van der Waals surface area contributed by atoms with Gasteiger partial charge < -0.3 is 10.4 Å². The lowest BCUT2D eigenvalue weighted by Crippen LogP contribution is -2.30. The number of hydrogen-bond donors (Lipinski definition) is 2. The minimum atomic E-state index is -0.0506. The Hall–Kier alpha value is -0.0800. The fourth-order valence-corrected chi connectivity index (χ4v) is 2.03. The maximum atomic E-state index is 9.46. The molecule has 2 heteroatoms. The summed E-state index contributed by atoms with van der Waals surface area (Å²) >= 11 is 0. The van der Waals surface area contributed by atoms with E-state index in [4.69, 9.17) is 0 Å². The largest absolute Gasteiger partial charge is 0.391 e. The van der Waals surface area contributed by atoms with E-state index in [2.05, 4.69) is 5.32 Å². The van der Waals surface area contributed by atoms with E-state index in [0.717, 1.165) is 19.0 Å². The third-order valence-electron chi connectivity index (χ3n) is 2.98. The predicted octanol–water partition coefficient (Wildman–Crippen LogP) is 0.367. The van der Waals surface area contributed by atoms with Gasteiger partial charge in [-0.15, -0.1) is 0 Å². The third kappa shape index (κ3) is 0.956. The molecule has 1 heterocycles. The van der Waals surface area contributed by atoms with E-state index < -0.39 is 0 Å². The van der Waals surface area contributed by atoms with Gasteiger partial charge in [-0.05, 0) is 5.92 Å². The Bertz CT molecular complexity index is 122. The van der Waals surface area contributed by atoms with Crippen molar-refractivity contribution in [3.05, 3.63) is 0 Å². The van der Waals surface area contributed by atoms with Crippen LogP contribution in [0, 0.1) is 11.8 Å². The summed E-state index contributed by atoms with van der Waals surface area (Å²) in [7, 11) is 0. The first-order chi connectivity index (χ1) is 4.88. The molecule has 2 N–H and O–H groups in total. The summed E-state index contributed by atoms with van der Waals surface area (Å²) in [5, 5.41) is 12.7. The standard InChI is InChI=1S/C8H15NO/c10-8-5-9-4-7(8)6-2-1-3-6/h6-10H,1-5H2. The molecule has 2 atom stereocenters. The lowest BCUT2D eigenvalue weighted by molar-refractivity contribution is 0.0807. The highest BCUT2D eigenvalue weighted by molar-refractivity contribution is 4.88. The minimum Gasteiger partial charge on any atom is -0.391 e. The van der Waals surface area contributed by atoms with Crippen LogP contribution in [0.5, 0.6) is 0 Å². The van der Waals surface area contributed by atoms with Crippen LogP contribution in [0.15, 0.2) is 0 Å². The summed E-state index contributed by atoms with van der Waals surface area (Å²) in [4.78, 5) is 0. The van der Waals surface area contributed by atoms with Crippen molar-refractivity contribution in [1.29, 1.82) is 0 Å². The van der Waals surface area contributed by atoms with Crippen molar-refractivity contribution in [1.82, 2.24) is 5.32 Å². The average Bonchev–Trinajstić information content (AvgIpc) is 2.12. The summed E-state index contributed by atoms with van der Waals surface area (Å²) in [5.41, 5.74) is 0. The van der Waals surface area contributed by atoms with Crippen LogP contribution in [0.3, 0.4) is 0 Å². The van der Waals surface area contributed by atoms with Crippen LogP contribution in [0.25, 0.3) is 0 Å². The van der Waals surface area contributed by atoms with Crippen LogP contribution >= 0.6 is 0 Å². The third-order valence-corrected chi connectivity index (χ3v) is 2.98. The highest BCUT2D eigenvalue weighted by atomic mass is 16.3. The molecule has 2 rings (SSSR count). The summed E-state index contributed by atoms with van der Waals surface area (Å²) < 4.78 is 0. The zero-order valence-corrected chi connectivity index (χ0v) is 6.21. The summed E-state index contributed by atoms with van der Waals surface area (Å²) in [6.07, 6.45) is 4.03. The molecule has 2 fully saturated rings. The van der Waals surface area contributed by atoms with E-state index in [-0.39, 0.29) is 6.10 Å². The number of nitrogens with one attached hydrogen (secondary N) is 1. The van der Waals surface area contributed by atoms with E-state index in [1.807, 2.05) is 0 Å². The van der Waals surface area contributed by atoms with Crippen LogP contribution in [0.2, 0.25) is 0 Å². The van der Waals surface area contributed by atoms with Crippen molar-refractivity contribution in [2.75, 3.05) is 13.1 Å². The maximum Gasteiger partial charge on any atom is 0.0707 e. The van der Waals surface area contributed by atoms with Crippen LogP contribution < -0.4 is 5.32 Å². The molecule has 58 valence electrons. The van der Waals surface area contributed by atoms with Gasteiger partial charge in [-0.2, -0.15) is 0 Å². The zero-order chi connectivity index (χ0) is 6.97. The number of aliphatic hydroxyl groups is 1. The van der Waals surface area contributed by atoms with E-state index >= 15 is 0 Å². The van der Waals surface area contributed by atoms with Crippen molar-refractivity contribution in [3.8, 4) is 0 Å². The molecule has 0 aromatic carbocycles. The van der Waals surface area contributed by atoms with Gasteiger partial charge >= 0.3 is 0 Å². The Kier molecular flexibility index (Phi) is 1.66. The Morgan fingerprint density at radius 3 is 2.40 bits per heavy atom. The summed E-state index contributed by atoms with van der Waals surface area (Å²) in [5.74, 6) is 1.42. The Labute approximate surface area is 61.6 Å². The smallest absolute Gasteiger partial charge is 0.0707 e. The quantitative estimate of drug-likeness (QED) is 0.553. The SMILES string of the molecule is OC1CNCC1C1CCC1. The molecule has 10 heavy (non-hydrogen) atoms. The van der Waals surface area contributed by atoms with Gasteiger partial charge in [0.15, 0.2) is 0 Å². The fraction of sp³-hybridized carbons (Fsp3) is 1.00. The van der Waals surface area contributed by atoms with Gasteiger partial charge in [0.25, 0.3) is 0 Å². The normalized spacial score (nSPS) is 41.7. The molecule has 0 amide bonds. The van der Waals surface area contributed by atoms with E-state index in [1.54, 1.807) is 0 Å². The molecule has 1 aliphatic heterocycles. The molecule has 0 spiro atoms. The molecule has 2 aliphatic rings. The molecular weight excluding hydrogens is 126 g/mol. The van der Waals surface area contributed by atoms with E-state index in [0.29, 0.717) is 5.92 Å². The molecule has 1 aliphatic carbocycles. The molecule has 0 bridgehead atoms. The monoisotopic (exact) mass is 141 g/mol. The Balaban J connectivity index is 1.90. The van der Waals surface area contributed by atoms with Crippen LogP contribution in [0.1, 0.15) is 19.3 Å². The van der Waals surface area contributed by atoms with Crippen LogP contribution in [0.4, 0.5) is 0 Å². The topological polar surface area (TPSA) is 32.3 Å². The first-order valence-corrected chi connectivity index (χ1v) is 4.26. The minimum absolute atomic E-state index is 0.0506. The van der Waals surface area contributed by atoms with E-state index in [1.165, 1.54) is 19.3 Å². The van der Waals surface area contributed by atoms with Crippen molar-refractivity contribution in [2.45, 2.75) is 25.4 Å². The molecule has 2 nitrogen and oxygen atoms in total. The zero-order valence-electron chi connectivity index (χ0n) is 6.21. The van der Waals surface area contributed by atoms with Gasteiger partial charge in [0.05, 0.1) is 6.10 Å². The first kappa shape index (κ1) is 6.62. The first-order valence-electron chi connectivity index (χ1n) is 4.26. The molecule has 0 aromatic rings. The van der Waals surface area contributed by atoms with Gasteiger partial charge in [-0.25, -0.2) is 0 Å². The fourth-order valence-electron chi connectivity index (χ4n) is 2.03. The number of rotatable bonds is 1. The highest BCUT2D eigenvalue weighted by Crippen LogP contribution is 2.36. The second kappa shape index (κ2) is 2.51. The molecule has 1 saturated heterocycles.